The van der Waals surface area contributed by atoms with E-state index >= 15 is 0 Å². The second-order valence-corrected chi connectivity index (χ2v) is 7.41. The van der Waals surface area contributed by atoms with Crippen LogP contribution in [-0.4, -0.2) is 24.5 Å². The van der Waals surface area contributed by atoms with Crippen LogP contribution in [0.2, 0.25) is 0 Å². The molecule has 2 atom stereocenters. The first-order valence-electron chi connectivity index (χ1n) is 10.2. The standard InChI is InChI=1S/C26H25NO3/c1-3-20-14-10-11-17-22(20)23-26(25(28)29-2,18-19-12-6-4-7-13-19)27-24(30-23)21-15-8-5-9-16-21/h4-17,23H,3,18H2,1-2H3/t23-,26+/m0/s1. The second kappa shape index (κ2) is 8.54. The third kappa shape index (κ3) is 3.61. The van der Waals surface area contributed by atoms with Gasteiger partial charge in [-0.05, 0) is 35.2 Å². The number of hydrogen-bond acceptors (Lipinski definition) is 4. The molecule has 0 unspecified atom stereocenters. The van der Waals surface area contributed by atoms with E-state index in [1.54, 1.807) is 0 Å². The van der Waals surface area contributed by atoms with Gasteiger partial charge in [0.1, 0.15) is 0 Å². The predicted octanol–water partition coefficient (Wildman–Crippen LogP) is 4.92. The quantitative estimate of drug-likeness (QED) is 0.553. The lowest BCUT2D eigenvalue weighted by atomic mass is 9.81. The summed E-state index contributed by atoms with van der Waals surface area (Å²) in [5, 5.41) is 0. The second-order valence-electron chi connectivity index (χ2n) is 7.41. The van der Waals surface area contributed by atoms with Gasteiger partial charge in [0, 0.05) is 12.0 Å². The Morgan fingerprint density at radius 3 is 2.27 bits per heavy atom. The van der Waals surface area contributed by atoms with Crippen LogP contribution in [0.3, 0.4) is 0 Å². The first-order valence-corrected chi connectivity index (χ1v) is 10.2. The molecule has 3 aromatic carbocycles. The van der Waals surface area contributed by atoms with Crippen molar-refractivity contribution >= 4 is 11.9 Å². The summed E-state index contributed by atoms with van der Waals surface area (Å²) in [7, 11) is 1.41. The number of ether oxygens (including phenoxy) is 2. The Hall–Kier alpha value is -3.40. The first-order chi connectivity index (χ1) is 14.7. The highest BCUT2D eigenvalue weighted by Crippen LogP contribution is 2.44. The Bertz CT molecular complexity index is 1050. The summed E-state index contributed by atoms with van der Waals surface area (Å²) in [5.74, 6) is 0.0704. The summed E-state index contributed by atoms with van der Waals surface area (Å²) in [5.41, 5.74) is 2.75. The van der Waals surface area contributed by atoms with E-state index in [0.29, 0.717) is 12.3 Å². The molecule has 152 valence electrons. The largest absolute Gasteiger partial charge is 0.467 e. The molecule has 0 bridgehead atoms. The highest BCUT2D eigenvalue weighted by Gasteiger charge is 2.54. The maximum atomic E-state index is 13.3. The summed E-state index contributed by atoms with van der Waals surface area (Å²) in [6.45, 7) is 2.10. The Morgan fingerprint density at radius 2 is 1.60 bits per heavy atom. The number of esters is 1. The monoisotopic (exact) mass is 399 g/mol. The maximum Gasteiger partial charge on any atom is 0.338 e. The average molecular weight is 399 g/mol. The summed E-state index contributed by atoms with van der Waals surface area (Å²) in [6.07, 6.45) is 0.648. The molecule has 0 aromatic heterocycles. The topological polar surface area (TPSA) is 47.9 Å². The number of benzene rings is 3. The van der Waals surface area contributed by atoms with Crippen LogP contribution in [0.4, 0.5) is 0 Å². The van der Waals surface area contributed by atoms with Gasteiger partial charge in [0.2, 0.25) is 11.4 Å². The maximum absolute atomic E-state index is 13.3. The molecule has 4 rings (SSSR count). The van der Waals surface area contributed by atoms with Crippen LogP contribution in [-0.2, 0) is 27.1 Å². The van der Waals surface area contributed by atoms with Crippen LogP contribution in [0.1, 0.15) is 35.3 Å². The van der Waals surface area contributed by atoms with Crippen LogP contribution in [0.15, 0.2) is 89.9 Å². The first kappa shape index (κ1) is 19.9. The lowest BCUT2D eigenvalue weighted by molar-refractivity contribution is -0.150. The van der Waals surface area contributed by atoms with Gasteiger partial charge in [-0.2, -0.15) is 0 Å². The molecule has 0 spiro atoms. The SMILES string of the molecule is CCc1ccccc1[C@@H]1OC(c2ccccc2)=N[C@@]1(Cc1ccccc1)C(=O)OC. The Labute approximate surface area is 177 Å². The molecular formula is C26H25NO3. The normalized spacial score (nSPS) is 20.3. The summed E-state index contributed by atoms with van der Waals surface area (Å²) in [4.78, 5) is 18.2. The number of carbonyl (C=O) groups is 1. The molecule has 4 nitrogen and oxygen atoms in total. The van der Waals surface area contributed by atoms with Crippen molar-refractivity contribution in [1.82, 2.24) is 0 Å². The van der Waals surface area contributed by atoms with E-state index in [4.69, 9.17) is 14.5 Å². The molecule has 0 saturated carbocycles. The average Bonchev–Trinajstić information content (AvgIpc) is 3.20. The molecule has 0 amide bonds. The fourth-order valence-corrected chi connectivity index (χ4v) is 4.06. The fraction of sp³-hybridized carbons (Fsp3) is 0.231. The van der Waals surface area contributed by atoms with Crippen LogP contribution < -0.4 is 0 Å². The third-order valence-corrected chi connectivity index (χ3v) is 5.56. The molecule has 1 aliphatic rings. The Kier molecular flexibility index (Phi) is 5.66. The molecule has 0 fully saturated rings. The molecule has 0 aliphatic carbocycles. The van der Waals surface area contributed by atoms with Crippen molar-refractivity contribution in [3.63, 3.8) is 0 Å². The van der Waals surface area contributed by atoms with Crippen molar-refractivity contribution in [2.24, 2.45) is 4.99 Å². The van der Waals surface area contributed by atoms with Crippen molar-refractivity contribution in [1.29, 1.82) is 0 Å². The van der Waals surface area contributed by atoms with Crippen LogP contribution >= 0.6 is 0 Å². The molecule has 4 heteroatoms. The van der Waals surface area contributed by atoms with E-state index in [1.165, 1.54) is 7.11 Å². The fourth-order valence-electron chi connectivity index (χ4n) is 4.06. The van der Waals surface area contributed by atoms with Crippen molar-refractivity contribution in [3.05, 3.63) is 107 Å². The smallest absolute Gasteiger partial charge is 0.338 e. The highest BCUT2D eigenvalue weighted by atomic mass is 16.5. The molecule has 3 aromatic rings. The van der Waals surface area contributed by atoms with Gasteiger partial charge < -0.3 is 9.47 Å². The van der Waals surface area contributed by atoms with Crippen LogP contribution in [0.5, 0.6) is 0 Å². The Balaban J connectivity index is 1.89. The predicted molar refractivity (Wildman–Crippen MR) is 118 cm³/mol. The Morgan fingerprint density at radius 1 is 0.967 bits per heavy atom. The van der Waals surface area contributed by atoms with E-state index in [2.05, 4.69) is 13.0 Å². The van der Waals surface area contributed by atoms with Crippen LogP contribution in [0.25, 0.3) is 0 Å². The van der Waals surface area contributed by atoms with Crippen molar-refractivity contribution in [2.75, 3.05) is 7.11 Å². The van der Waals surface area contributed by atoms with E-state index in [1.807, 2.05) is 78.9 Å². The van der Waals surface area contributed by atoms with Crippen molar-refractivity contribution < 1.29 is 14.3 Å². The van der Waals surface area contributed by atoms with E-state index < -0.39 is 17.6 Å². The van der Waals surface area contributed by atoms with Gasteiger partial charge >= 0.3 is 5.97 Å². The van der Waals surface area contributed by atoms with Crippen molar-refractivity contribution in [3.8, 4) is 0 Å². The third-order valence-electron chi connectivity index (χ3n) is 5.56. The molecular weight excluding hydrogens is 374 g/mol. The molecule has 1 heterocycles. The molecule has 0 saturated heterocycles. The molecule has 1 aliphatic heterocycles. The number of hydrogen-bond donors (Lipinski definition) is 0. The number of rotatable bonds is 6. The van der Waals surface area contributed by atoms with Gasteiger partial charge in [0.25, 0.3) is 0 Å². The minimum atomic E-state index is -1.20. The van der Waals surface area contributed by atoms with Gasteiger partial charge in [0.05, 0.1) is 7.11 Å². The zero-order valence-corrected chi connectivity index (χ0v) is 17.2. The number of aryl methyl sites for hydroxylation is 1. The number of nitrogens with zero attached hydrogens (tertiary/aromatic N) is 1. The van der Waals surface area contributed by atoms with E-state index in [-0.39, 0.29) is 0 Å². The molecule has 0 radical (unpaired) electrons. The summed E-state index contributed by atoms with van der Waals surface area (Å²) >= 11 is 0. The minimum absolute atomic E-state index is 0.388. The highest BCUT2D eigenvalue weighted by molar-refractivity contribution is 5.99. The number of carbonyl (C=O) groups excluding carboxylic acids is 1. The number of methoxy groups -OCH3 is 1. The minimum Gasteiger partial charge on any atom is -0.467 e. The van der Waals surface area contributed by atoms with Crippen molar-refractivity contribution in [2.45, 2.75) is 31.4 Å². The van der Waals surface area contributed by atoms with E-state index in [0.717, 1.165) is 28.7 Å². The van der Waals surface area contributed by atoms with E-state index in [9.17, 15) is 4.79 Å². The zero-order valence-electron chi connectivity index (χ0n) is 17.2. The van der Waals surface area contributed by atoms with Gasteiger partial charge in [0.15, 0.2) is 6.10 Å². The zero-order chi connectivity index (χ0) is 21.0. The van der Waals surface area contributed by atoms with Crippen LogP contribution in [0, 0.1) is 0 Å². The molecule has 30 heavy (non-hydrogen) atoms. The lowest BCUT2D eigenvalue weighted by Crippen LogP contribution is -2.44. The lowest BCUT2D eigenvalue weighted by Gasteiger charge is -2.30. The van der Waals surface area contributed by atoms with Gasteiger partial charge in [-0.25, -0.2) is 9.79 Å². The van der Waals surface area contributed by atoms with Gasteiger partial charge in [-0.15, -0.1) is 0 Å². The van der Waals surface area contributed by atoms with Gasteiger partial charge in [-0.3, -0.25) is 0 Å². The number of aliphatic imine (C=N–C) groups is 1. The summed E-state index contributed by atoms with van der Waals surface area (Å²) in [6, 6.07) is 27.7. The molecule has 0 N–H and O–H groups in total. The summed E-state index contributed by atoms with van der Waals surface area (Å²) < 4.78 is 11.7. The van der Waals surface area contributed by atoms with Gasteiger partial charge in [-0.1, -0.05) is 79.7 Å².